The van der Waals surface area contributed by atoms with Gasteiger partial charge in [0, 0.05) is 25.4 Å². The van der Waals surface area contributed by atoms with Gasteiger partial charge in [0.05, 0.1) is 22.7 Å². The summed E-state index contributed by atoms with van der Waals surface area (Å²) in [5.41, 5.74) is 18.1. The van der Waals surface area contributed by atoms with Crippen LogP contribution in [0.3, 0.4) is 0 Å². The Morgan fingerprint density at radius 1 is 0.604 bits per heavy atom. The van der Waals surface area contributed by atoms with E-state index in [1.165, 1.54) is 0 Å². The number of carbonyl (C=O) groups is 2. The second kappa shape index (κ2) is 15.2. The van der Waals surface area contributed by atoms with Crippen molar-refractivity contribution >= 4 is 65.5 Å². The Bertz CT molecular complexity index is 1940. The average Bonchev–Trinajstić information content (AvgIpc) is 3.85. The number of nitrogens with two attached hydrogens (primary N) is 2. The van der Waals surface area contributed by atoms with E-state index < -0.39 is 8.25 Å². The lowest BCUT2D eigenvalue weighted by Crippen LogP contribution is -2.13. The van der Waals surface area contributed by atoms with Crippen LogP contribution < -0.4 is 22.1 Å². The topological polar surface area (TPSA) is 146 Å². The molecule has 0 radical (unpaired) electrons. The minimum atomic E-state index is -2.49. The third-order valence-corrected chi connectivity index (χ3v) is 9.78. The van der Waals surface area contributed by atoms with Gasteiger partial charge in [-0.3, -0.25) is 9.59 Å². The average molecular weight is 694 g/mol. The van der Waals surface area contributed by atoms with Gasteiger partial charge in [-0.1, -0.05) is 48.5 Å². The zero-order valence-electron chi connectivity index (χ0n) is 25.4. The summed E-state index contributed by atoms with van der Waals surface area (Å²) in [7, 11) is -2.49. The summed E-state index contributed by atoms with van der Waals surface area (Å²) in [5.74, 6) is -0.677. The van der Waals surface area contributed by atoms with Gasteiger partial charge in [0.25, 0.3) is 11.8 Å². The van der Waals surface area contributed by atoms with Crippen LogP contribution in [0.2, 0.25) is 0 Å². The van der Waals surface area contributed by atoms with Crippen LogP contribution in [0.5, 0.6) is 0 Å². The van der Waals surface area contributed by atoms with Gasteiger partial charge in [-0.15, -0.1) is 31.7 Å². The van der Waals surface area contributed by atoms with Crippen LogP contribution in [0.1, 0.15) is 31.8 Å². The Hall–Kier alpha value is -5.16. The van der Waals surface area contributed by atoms with Crippen molar-refractivity contribution < 1.29 is 23.2 Å². The number of nitrogens with one attached hydrogen (secondary N) is 2. The van der Waals surface area contributed by atoms with E-state index in [-0.39, 0.29) is 25.0 Å². The van der Waals surface area contributed by atoms with Gasteiger partial charge in [-0.2, -0.15) is 0 Å². The van der Waals surface area contributed by atoms with Gasteiger partial charge in [0.2, 0.25) is 0 Å². The highest BCUT2D eigenvalue weighted by atomic mass is 32.1. The van der Waals surface area contributed by atoms with Gasteiger partial charge < -0.3 is 22.1 Å². The van der Waals surface area contributed by atoms with Crippen molar-refractivity contribution in [1.82, 2.24) is 0 Å². The van der Waals surface area contributed by atoms with E-state index in [4.69, 9.17) is 20.5 Å². The van der Waals surface area contributed by atoms with Crippen molar-refractivity contribution in [1.29, 1.82) is 0 Å². The molecule has 0 aliphatic carbocycles. The number of rotatable bonds is 12. The van der Waals surface area contributed by atoms with E-state index in [2.05, 4.69) is 10.6 Å². The first-order valence-electron chi connectivity index (χ1n) is 14.7. The molecular formula is C36H30N4O5PS2+. The summed E-state index contributed by atoms with van der Waals surface area (Å²) in [6, 6.07) is 32.6. The molecule has 0 saturated heterocycles. The number of hydrogen-bond donors (Lipinski definition) is 4. The minimum absolute atomic E-state index is 0.0409. The van der Waals surface area contributed by atoms with E-state index in [0.29, 0.717) is 45.0 Å². The maximum atomic E-state index is 13.1. The second-order valence-corrected chi connectivity index (χ2v) is 13.5. The summed E-state index contributed by atoms with van der Waals surface area (Å²) in [6.07, 6.45) is 0. The summed E-state index contributed by atoms with van der Waals surface area (Å²) >= 11 is 3.20. The number of nitrogen functional groups attached to an aromatic ring is 2. The molecular weight excluding hydrogens is 664 g/mol. The van der Waals surface area contributed by atoms with E-state index in [1.807, 2.05) is 59.3 Å². The highest BCUT2D eigenvalue weighted by Crippen LogP contribution is 2.32. The highest BCUT2D eigenvalue weighted by Gasteiger charge is 2.22. The van der Waals surface area contributed by atoms with Crippen molar-refractivity contribution in [3.8, 4) is 20.9 Å². The molecule has 2 aromatic heterocycles. The molecule has 0 bridgehead atoms. The van der Waals surface area contributed by atoms with Crippen LogP contribution >= 0.6 is 30.9 Å². The summed E-state index contributed by atoms with van der Waals surface area (Å²) < 4.78 is 23.4. The quantitative estimate of drug-likeness (QED) is 0.0738. The second-order valence-electron chi connectivity index (χ2n) is 10.6. The molecule has 9 nitrogen and oxygen atoms in total. The predicted molar refractivity (Wildman–Crippen MR) is 194 cm³/mol. The molecule has 2 amide bonds. The van der Waals surface area contributed by atoms with Crippen LogP contribution in [0.4, 0.5) is 22.7 Å². The van der Waals surface area contributed by atoms with Crippen LogP contribution in [0.15, 0.2) is 120 Å². The van der Waals surface area contributed by atoms with Crippen LogP contribution in [-0.2, 0) is 26.8 Å². The Balaban J connectivity index is 1.01. The fourth-order valence-corrected chi connectivity index (χ4v) is 6.84. The van der Waals surface area contributed by atoms with Gasteiger partial charge in [0.15, 0.2) is 0 Å². The molecule has 6 rings (SSSR count). The molecule has 6 N–H and O–H groups in total. The van der Waals surface area contributed by atoms with Gasteiger partial charge in [0.1, 0.15) is 13.2 Å². The molecule has 2 heterocycles. The monoisotopic (exact) mass is 693 g/mol. The fraction of sp³-hybridized carbons (Fsp3) is 0.0556. The molecule has 0 fully saturated rings. The van der Waals surface area contributed by atoms with Crippen molar-refractivity contribution in [3.63, 3.8) is 0 Å². The van der Waals surface area contributed by atoms with Crippen LogP contribution in [0.25, 0.3) is 20.9 Å². The molecule has 0 aliphatic rings. The van der Waals surface area contributed by atoms with Crippen LogP contribution in [-0.4, -0.2) is 11.8 Å². The normalized spacial score (nSPS) is 10.8. The van der Waals surface area contributed by atoms with Crippen molar-refractivity contribution in [2.45, 2.75) is 13.2 Å². The lowest BCUT2D eigenvalue weighted by Gasteiger charge is -2.11. The maximum Gasteiger partial charge on any atom is 0.698 e. The first kappa shape index (κ1) is 32.8. The van der Waals surface area contributed by atoms with E-state index >= 15 is 0 Å². The first-order valence-corrected chi connectivity index (χ1v) is 17.6. The number of anilines is 4. The zero-order chi connectivity index (χ0) is 33.5. The van der Waals surface area contributed by atoms with Gasteiger partial charge in [-0.25, -0.2) is 0 Å². The van der Waals surface area contributed by atoms with E-state index in [1.54, 1.807) is 83.3 Å². The smallest absolute Gasteiger partial charge is 0.397 e. The molecule has 0 spiro atoms. The molecule has 0 saturated carbocycles. The van der Waals surface area contributed by atoms with Crippen molar-refractivity contribution in [3.05, 3.63) is 142 Å². The standard InChI is InChI=1S/C36H29N4O5PS2/c37-29-13-11-25(33-9-3-15-47-33)19-31(29)39-35(41)27-7-1-5-23(17-27)21-44-46(43)45-22-24-6-2-8-28(18-24)36(42)40-32-20-26(12-14-30(32)38)34-10-4-16-48-34/h1-20H,21-22,37-38H2,(H-,39,40,41,42)/p+1. The number of carbonyl (C=O) groups excluding carboxylic acids is 2. The minimum Gasteiger partial charge on any atom is -0.397 e. The van der Waals surface area contributed by atoms with Gasteiger partial charge >= 0.3 is 8.25 Å². The molecule has 0 atom stereocenters. The highest BCUT2D eigenvalue weighted by molar-refractivity contribution is 7.33. The van der Waals surface area contributed by atoms with Crippen LogP contribution in [0, 0.1) is 0 Å². The fourth-order valence-electron chi connectivity index (χ4n) is 4.81. The molecule has 4 aromatic carbocycles. The van der Waals surface area contributed by atoms with Crippen molar-refractivity contribution in [2.75, 3.05) is 22.1 Å². The maximum absolute atomic E-state index is 13.1. The number of benzene rings is 4. The predicted octanol–water partition coefficient (Wildman–Crippen LogP) is 9.20. The lowest BCUT2D eigenvalue weighted by molar-refractivity contribution is 0.101. The summed E-state index contributed by atoms with van der Waals surface area (Å²) in [6.45, 7) is -0.0819. The Kier molecular flexibility index (Phi) is 10.4. The molecule has 48 heavy (non-hydrogen) atoms. The molecule has 12 heteroatoms. The molecule has 6 aromatic rings. The summed E-state index contributed by atoms with van der Waals surface area (Å²) in [4.78, 5) is 28.2. The Morgan fingerprint density at radius 2 is 1.06 bits per heavy atom. The van der Waals surface area contributed by atoms with E-state index in [9.17, 15) is 14.2 Å². The number of hydrogen-bond acceptors (Lipinski definition) is 9. The third-order valence-electron chi connectivity index (χ3n) is 7.27. The largest absolute Gasteiger partial charge is 0.698 e. The molecule has 240 valence electrons. The molecule has 0 unspecified atom stereocenters. The molecule has 0 aliphatic heterocycles. The summed E-state index contributed by atoms with van der Waals surface area (Å²) in [5, 5.41) is 9.73. The third kappa shape index (κ3) is 8.21. The van der Waals surface area contributed by atoms with Crippen molar-refractivity contribution in [2.24, 2.45) is 0 Å². The Labute approximate surface area is 286 Å². The Morgan fingerprint density at radius 3 is 1.48 bits per heavy atom. The van der Waals surface area contributed by atoms with Gasteiger partial charge in [-0.05, 0) is 93.7 Å². The SMILES string of the molecule is Nc1ccc(-c2cccs2)cc1NC(=O)c1cccc(CO[P+](=O)OCc2cccc(C(=O)Nc3cc(-c4cccs4)ccc3N)c2)c1. The lowest BCUT2D eigenvalue weighted by atomic mass is 10.1. The van der Waals surface area contributed by atoms with E-state index in [0.717, 1.165) is 20.9 Å². The first-order chi connectivity index (χ1) is 23.3. The number of thiophene rings is 2. The number of amides is 2. The zero-order valence-corrected chi connectivity index (χ0v) is 27.9.